The number of allylic oxidation sites excluding steroid dienone is 3. The van der Waals surface area contributed by atoms with Crippen molar-refractivity contribution in [2.24, 2.45) is 0 Å². The number of hydrogen-bond donors (Lipinski definition) is 0. The summed E-state index contributed by atoms with van der Waals surface area (Å²) in [5, 5.41) is 0. The van der Waals surface area contributed by atoms with Crippen molar-refractivity contribution >= 4 is 5.91 Å². The van der Waals surface area contributed by atoms with Crippen LogP contribution in [0.2, 0.25) is 0 Å². The van der Waals surface area contributed by atoms with Gasteiger partial charge in [0.15, 0.2) is 0 Å². The van der Waals surface area contributed by atoms with Gasteiger partial charge in [0, 0.05) is 12.7 Å². The highest BCUT2D eigenvalue weighted by Crippen LogP contribution is 2.18. The number of aromatic nitrogens is 1. The summed E-state index contributed by atoms with van der Waals surface area (Å²) >= 11 is 0. The largest absolute Gasteiger partial charge is 0.494 e. The van der Waals surface area contributed by atoms with Crippen LogP contribution in [0.15, 0.2) is 54.5 Å². The molecule has 5 heteroatoms. The zero-order valence-electron chi connectivity index (χ0n) is 14.0. The molecular weight excluding hydrogens is 307 g/mol. The van der Waals surface area contributed by atoms with Crippen molar-refractivity contribution in [2.75, 3.05) is 19.8 Å². The van der Waals surface area contributed by atoms with Gasteiger partial charge < -0.3 is 9.64 Å². The van der Waals surface area contributed by atoms with E-state index in [-0.39, 0.29) is 12.3 Å². The number of rotatable bonds is 7. The molecule has 0 bridgehead atoms. The van der Waals surface area contributed by atoms with E-state index in [0.717, 1.165) is 12.1 Å². The average Bonchev–Trinajstić information content (AvgIpc) is 2.59. The fourth-order valence-electron chi connectivity index (χ4n) is 2.55. The fraction of sp³-hybridized carbons (Fsp3) is 0.368. The van der Waals surface area contributed by atoms with Gasteiger partial charge >= 0.3 is 0 Å². The van der Waals surface area contributed by atoms with Gasteiger partial charge in [-0.3, -0.25) is 9.78 Å². The molecule has 1 aliphatic heterocycles. The molecule has 0 fully saturated rings. The fourth-order valence-corrected chi connectivity index (χ4v) is 2.55. The Hall–Kier alpha value is -2.43. The van der Waals surface area contributed by atoms with Crippen LogP contribution in [0.3, 0.4) is 0 Å². The summed E-state index contributed by atoms with van der Waals surface area (Å²) in [5.74, 6) is 0.470. The van der Waals surface area contributed by atoms with E-state index in [2.05, 4.69) is 17.6 Å². The Kier molecular flexibility index (Phi) is 6.73. The minimum atomic E-state index is -0.592. The molecule has 0 N–H and O–H groups in total. The highest BCUT2D eigenvalue weighted by molar-refractivity contribution is 5.79. The lowest BCUT2D eigenvalue weighted by Crippen LogP contribution is -2.36. The van der Waals surface area contributed by atoms with Crippen LogP contribution in [0.4, 0.5) is 4.39 Å². The van der Waals surface area contributed by atoms with Crippen LogP contribution in [-0.4, -0.2) is 35.6 Å². The second-order valence-electron chi connectivity index (χ2n) is 5.54. The van der Waals surface area contributed by atoms with E-state index in [0.29, 0.717) is 31.0 Å². The monoisotopic (exact) mass is 330 g/mol. The molecule has 2 heterocycles. The molecule has 0 saturated carbocycles. The molecule has 0 spiro atoms. The van der Waals surface area contributed by atoms with E-state index in [1.54, 1.807) is 23.2 Å². The molecule has 1 aliphatic rings. The highest BCUT2D eigenvalue weighted by atomic mass is 19.1. The van der Waals surface area contributed by atoms with Crippen LogP contribution in [0.5, 0.6) is 0 Å². The van der Waals surface area contributed by atoms with E-state index in [9.17, 15) is 9.18 Å². The molecule has 0 atom stereocenters. The topological polar surface area (TPSA) is 42.4 Å². The summed E-state index contributed by atoms with van der Waals surface area (Å²) in [6.45, 7) is 6.84. The number of ether oxygens (including phenoxy) is 1. The molecule has 0 aliphatic carbocycles. The number of hydrogen-bond acceptors (Lipinski definition) is 3. The Morgan fingerprint density at radius 3 is 3.08 bits per heavy atom. The third-order valence-corrected chi connectivity index (χ3v) is 3.78. The van der Waals surface area contributed by atoms with Crippen molar-refractivity contribution in [3.63, 3.8) is 0 Å². The average molecular weight is 330 g/mol. The third-order valence-electron chi connectivity index (χ3n) is 3.78. The summed E-state index contributed by atoms with van der Waals surface area (Å²) in [6, 6.07) is 3.97. The Morgan fingerprint density at radius 1 is 1.50 bits per heavy atom. The van der Waals surface area contributed by atoms with Crippen molar-refractivity contribution in [1.82, 2.24) is 9.88 Å². The number of nitrogens with zero attached hydrogens (tertiary/aromatic N) is 2. The second kappa shape index (κ2) is 9.01. The zero-order chi connectivity index (χ0) is 17.4. The molecule has 1 amide bonds. The molecule has 2 rings (SSSR count). The van der Waals surface area contributed by atoms with Gasteiger partial charge in [0.25, 0.3) is 0 Å². The summed E-state index contributed by atoms with van der Waals surface area (Å²) < 4.78 is 17.7. The van der Waals surface area contributed by atoms with E-state index >= 15 is 0 Å². The first kappa shape index (κ1) is 17.9. The Morgan fingerprint density at radius 2 is 2.33 bits per heavy atom. The molecule has 0 saturated heterocycles. The molecule has 0 unspecified atom stereocenters. The lowest BCUT2D eigenvalue weighted by molar-refractivity contribution is -0.131. The lowest BCUT2D eigenvalue weighted by atomic mass is 10.0. The number of halogens is 1. The number of pyridine rings is 1. The van der Waals surface area contributed by atoms with Crippen molar-refractivity contribution in [3.05, 3.63) is 65.7 Å². The van der Waals surface area contributed by atoms with Gasteiger partial charge in [0.05, 0.1) is 25.3 Å². The minimum Gasteiger partial charge on any atom is -0.494 e. The maximum absolute atomic E-state index is 12.4. The quantitative estimate of drug-likeness (QED) is 0.569. The number of alkyl halides is 1. The first-order chi connectivity index (χ1) is 11.6. The van der Waals surface area contributed by atoms with Crippen molar-refractivity contribution < 1.29 is 13.9 Å². The van der Waals surface area contributed by atoms with Gasteiger partial charge in [0.1, 0.15) is 12.4 Å². The summed E-state index contributed by atoms with van der Waals surface area (Å²) in [5.41, 5.74) is 2.83. The van der Waals surface area contributed by atoms with Gasteiger partial charge in [-0.05, 0) is 42.7 Å². The number of carbonyl (C=O) groups excluding carboxylic acids is 1. The molecule has 4 nitrogen and oxygen atoms in total. The van der Waals surface area contributed by atoms with Gasteiger partial charge in [-0.25, -0.2) is 4.39 Å². The van der Waals surface area contributed by atoms with Gasteiger partial charge in [-0.15, -0.1) is 0 Å². The number of fused-ring (bicyclic) bond motifs is 1. The zero-order valence-corrected chi connectivity index (χ0v) is 14.0. The third kappa shape index (κ3) is 5.05. The van der Waals surface area contributed by atoms with Crippen molar-refractivity contribution in [3.8, 4) is 0 Å². The van der Waals surface area contributed by atoms with Gasteiger partial charge in [0.2, 0.25) is 5.91 Å². The maximum Gasteiger partial charge on any atom is 0.227 e. The van der Waals surface area contributed by atoms with E-state index in [1.807, 2.05) is 13.0 Å². The predicted octanol–water partition coefficient (Wildman–Crippen LogP) is 3.36. The van der Waals surface area contributed by atoms with Gasteiger partial charge in [-0.1, -0.05) is 18.7 Å². The first-order valence-electron chi connectivity index (χ1n) is 8.09. The standard InChI is InChI=1S/C19H23FN2O2/c1-3-24-17(8-10-20)7-6-15(2)13-19(23)22-12-9-16-5-4-11-21-18(16)14-22/h4-8,11H,2-3,9-10,12-14H2,1H3/b7-6-,17-8+. The van der Waals surface area contributed by atoms with E-state index < -0.39 is 6.67 Å². The molecular formula is C19H23FN2O2. The molecule has 0 radical (unpaired) electrons. The van der Waals surface area contributed by atoms with E-state index in [1.165, 1.54) is 11.6 Å². The Balaban J connectivity index is 1.90. The molecule has 1 aromatic heterocycles. The smallest absolute Gasteiger partial charge is 0.227 e. The van der Waals surface area contributed by atoms with Crippen molar-refractivity contribution in [2.45, 2.75) is 26.3 Å². The van der Waals surface area contributed by atoms with Crippen LogP contribution in [0, 0.1) is 0 Å². The van der Waals surface area contributed by atoms with Crippen LogP contribution < -0.4 is 0 Å². The number of amides is 1. The van der Waals surface area contributed by atoms with Crippen LogP contribution in [0.25, 0.3) is 0 Å². The normalized spacial score (nSPS) is 14.6. The summed E-state index contributed by atoms with van der Waals surface area (Å²) in [4.78, 5) is 18.6. The summed E-state index contributed by atoms with van der Waals surface area (Å²) in [7, 11) is 0. The van der Waals surface area contributed by atoms with Crippen molar-refractivity contribution in [1.29, 1.82) is 0 Å². The molecule has 24 heavy (non-hydrogen) atoms. The highest BCUT2D eigenvalue weighted by Gasteiger charge is 2.21. The predicted molar refractivity (Wildman–Crippen MR) is 91.9 cm³/mol. The molecule has 0 aromatic carbocycles. The SMILES string of the molecule is C=C(/C=C\C(=C/CF)OCC)CC(=O)N1CCc2cccnc2C1. The van der Waals surface area contributed by atoms with Gasteiger partial charge in [-0.2, -0.15) is 0 Å². The van der Waals surface area contributed by atoms with Crippen LogP contribution in [-0.2, 0) is 22.5 Å². The Bertz CT molecular complexity index is 653. The lowest BCUT2D eigenvalue weighted by Gasteiger charge is -2.28. The van der Waals surface area contributed by atoms with E-state index in [4.69, 9.17) is 4.74 Å². The second-order valence-corrected chi connectivity index (χ2v) is 5.54. The summed E-state index contributed by atoms with van der Waals surface area (Å²) in [6.07, 6.45) is 7.50. The molecule has 1 aromatic rings. The van der Waals surface area contributed by atoms with Crippen LogP contribution >= 0.6 is 0 Å². The Labute approximate surface area is 142 Å². The number of carbonyl (C=O) groups is 1. The van der Waals surface area contributed by atoms with Crippen LogP contribution in [0.1, 0.15) is 24.6 Å². The first-order valence-corrected chi connectivity index (χ1v) is 8.09. The minimum absolute atomic E-state index is 0.0217. The molecule has 128 valence electrons. The maximum atomic E-state index is 12.4.